The minimum absolute atomic E-state index is 0.0160. The maximum atomic E-state index is 12.5. The fourth-order valence-electron chi connectivity index (χ4n) is 1.69. The van der Waals surface area contributed by atoms with Gasteiger partial charge in [-0.15, -0.1) is 0 Å². The molecule has 0 aliphatic heterocycles. The first-order chi connectivity index (χ1) is 11.8. The Labute approximate surface area is 142 Å². The van der Waals surface area contributed by atoms with E-state index < -0.39 is 24.5 Å². The molecule has 1 N–H and O–H groups in total. The summed E-state index contributed by atoms with van der Waals surface area (Å²) < 4.78 is 58.5. The van der Waals surface area contributed by atoms with Crippen LogP contribution in [0, 0.1) is 11.7 Å². The number of ether oxygens (including phenoxy) is 2. The molecule has 0 unspecified atom stereocenters. The van der Waals surface area contributed by atoms with Gasteiger partial charge in [-0.05, 0) is 31.3 Å². The Morgan fingerprint density at radius 2 is 1.96 bits per heavy atom. The molecule has 2 aromatic rings. The van der Waals surface area contributed by atoms with Crippen molar-refractivity contribution < 1.29 is 27.0 Å². The highest BCUT2D eigenvalue weighted by Crippen LogP contribution is 2.26. The maximum Gasteiger partial charge on any atom is 0.387 e. The quantitative estimate of drug-likeness (QED) is 0.475. The first-order valence-electron chi connectivity index (χ1n) is 6.54. The van der Waals surface area contributed by atoms with Crippen LogP contribution in [-0.2, 0) is 0 Å². The standard InChI is InChI=1S/C13H10F4N4O3S/c1-6-10(22)21(13(25)20-19-6)18-5-7-2-3-8(23-11(14)15)4-9(7)24-12(16)17/h2-5,11-12H,1H3,(H,20,25)/b18-5-. The van der Waals surface area contributed by atoms with Gasteiger partial charge in [-0.3, -0.25) is 9.89 Å². The molecule has 1 aromatic carbocycles. The third-order valence-corrected chi connectivity index (χ3v) is 3.02. The highest BCUT2D eigenvalue weighted by Gasteiger charge is 2.13. The SMILES string of the molecule is Cc1n[nH]c(=S)n(/N=C\c2ccc(OC(F)F)cc2OC(F)F)c1=O. The van der Waals surface area contributed by atoms with Crippen LogP contribution in [0.1, 0.15) is 11.3 Å². The molecular formula is C13H10F4N4O3S. The van der Waals surface area contributed by atoms with Crippen LogP contribution in [0.5, 0.6) is 11.5 Å². The van der Waals surface area contributed by atoms with Crippen molar-refractivity contribution in [2.75, 3.05) is 0 Å². The Hall–Kier alpha value is -2.76. The Bertz CT molecular complexity index is 898. The lowest BCUT2D eigenvalue weighted by Crippen LogP contribution is -2.22. The van der Waals surface area contributed by atoms with Gasteiger partial charge in [-0.1, -0.05) is 0 Å². The predicted octanol–water partition coefficient (Wildman–Crippen LogP) is 2.69. The zero-order valence-electron chi connectivity index (χ0n) is 12.5. The molecule has 0 saturated carbocycles. The third kappa shape index (κ3) is 4.86. The van der Waals surface area contributed by atoms with Crippen molar-refractivity contribution in [3.05, 3.63) is 44.6 Å². The molecule has 134 valence electrons. The van der Waals surface area contributed by atoms with Gasteiger partial charge < -0.3 is 9.47 Å². The van der Waals surface area contributed by atoms with E-state index in [1.807, 2.05) is 0 Å². The molecule has 12 heteroatoms. The molecular weight excluding hydrogens is 368 g/mol. The Kier molecular flexibility index (Phi) is 5.85. The van der Waals surface area contributed by atoms with E-state index in [-0.39, 0.29) is 21.8 Å². The third-order valence-electron chi connectivity index (χ3n) is 2.75. The van der Waals surface area contributed by atoms with Crippen molar-refractivity contribution in [3.63, 3.8) is 0 Å². The molecule has 0 atom stereocenters. The van der Waals surface area contributed by atoms with Crippen LogP contribution in [0.25, 0.3) is 0 Å². The lowest BCUT2D eigenvalue weighted by atomic mass is 10.2. The second kappa shape index (κ2) is 7.88. The topological polar surface area (TPSA) is 81.5 Å². The fourth-order valence-corrected chi connectivity index (χ4v) is 1.87. The molecule has 0 spiro atoms. The van der Waals surface area contributed by atoms with Crippen molar-refractivity contribution in [1.82, 2.24) is 14.9 Å². The molecule has 0 radical (unpaired) electrons. The average Bonchev–Trinajstić information content (AvgIpc) is 2.51. The van der Waals surface area contributed by atoms with Crippen LogP contribution in [0.15, 0.2) is 28.1 Å². The number of hydrogen-bond acceptors (Lipinski definition) is 6. The molecule has 0 aliphatic rings. The number of rotatable bonds is 6. The van der Waals surface area contributed by atoms with Gasteiger partial charge in [0.25, 0.3) is 5.56 Å². The maximum absolute atomic E-state index is 12.5. The van der Waals surface area contributed by atoms with E-state index in [0.29, 0.717) is 0 Å². The highest BCUT2D eigenvalue weighted by molar-refractivity contribution is 7.71. The van der Waals surface area contributed by atoms with Crippen LogP contribution in [0.3, 0.4) is 0 Å². The minimum Gasteiger partial charge on any atom is -0.435 e. The summed E-state index contributed by atoms with van der Waals surface area (Å²) in [4.78, 5) is 11.9. The van der Waals surface area contributed by atoms with Gasteiger partial charge in [-0.2, -0.15) is 32.4 Å². The van der Waals surface area contributed by atoms with E-state index in [4.69, 9.17) is 12.2 Å². The van der Waals surface area contributed by atoms with Gasteiger partial charge in [0.2, 0.25) is 4.77 Å². The molecule has 0 bridgehead atoms. The van der Waals surface area contributed by atoms with Crippen molar-refractivity contribution >= 4 is 18.4 Å². The van der Waals surface area contributed by atoms with Crippen molar-refractivity contribution in [2.45, 2.75) is 20.1 Å². The number of nitrogens with zero attached hydrogens (tertiary/aromatic N) is 3. The van der Waals surface area contributed by atoms with Gasteiger partial charge >= 0.3 is 13.2 Å². The molecule has 0 amide bonds. The number of aromatic amines is 1. The van der Waals surface area contributed by atoms with Gasteiger partial charge in [-0.25, -0.2) is 0 Å². The average molecular weight is 378 g/mol. The van der Waals surface area contributed by atoms with Crippen molar-refractivity contribution in [2.24, 2.45) is 5.10 Å². The van der Waals surface area contributed by atoms with Gasteiger partial charge in [0.05, 0.1) is 6.21 Å². The summed E-state index contributed by atoms with van der Waals surface area (Å²) >= 11 is 4.86. The fraction of sp³-hybridized carbons (Fsp3) is 0.231. The molecule has 2 rings (SSSR count). The summed E-state index contributed by atoms with van der Waals surface area (Å²) in [5.74, 6) is -0.845. The minimum atomic E-state index is -3.21. The van der Waals surface area contributed by atoms with Crippen LogP contribution < -0.4 is 15.0 Å². The summed E-state index contributed by atoms with van der Waals surface area (Å²) in [5, 5.41) is 9.81. The second-order valence-corrected chi connectivity index (χ2v) is 4.82. The van der Waals surface area contributed by atoms with E-state index >= 15 is 0 Å². The van der Waals surface area contributed by atoms with E-state index in [1.54, 1.807) is 0 Å². The predicted molar refractivity (Wildman–Crippen MR) is 81.1 cm³/mol. The Balaban J connectivity index is 2.43. The first-order valence-corrected chi connectivity index (χ1v) is 6.95. The summed E-state index contributed by atoms with van der Waals surface area (Å²) in [7, 11) is 0. The van der Waals surface area contributed by atoms with Gasteiger partial charge in [0.1, 0.15) is 17.2 Å². The molecule has 1 heterocycles. The number of aryl methyl sites for hydroxylation is 1. The summed E-state index contributed by atoms with van der Waals surface area (Å²) in [5.41, 5.74) is -0.554. The van der Waals surface area contributed by atoms with Crippen molar-refractivity contribution in [1.29, 1.82) is 0 Å². The van der Waals surface area contributed by atoms with Gasteiger partial charge in [0.15, 0.2) is 0 Å². The Morgan fingerprint density at radius 1 is 1.28 bits per heavy atom. The molecule has 0 saturated heterocycles. The van der Waals surface area contributed by atoms with E-state index in [0.717, 1.165) is 29.1 Å². The molecule has 7 nitrogen and oxygen atoms in total. The molecule has 0 aliphatic carbocycles. The lowest BCUT2D eigenvalue weighted by Gasteiger charge is -2.10. The summed E-state index contributed by atoms with van der Waals surface area (Å²) in [6.07, 6.45) is 1.01. The van der Waals surface area contributed by atoms with Crippen LogP contribution in [0.2, 0.25) is 0 Å². The molecule has 0 fully saturated rings. The first kappa shape index (κ1) is 18.6. The number of alkyl halides is 4. The summed E-state index contributed by atoms with van der Waals surface area (Å²) in [6.45, 7) is -4.92. The zero-order valence-corrected chi connectivity index (χ0v) is 13.3. The van der Waals surface area contributed by atoms with E-state index in [9.17, 15) is 22.4 Å². The van der Waals surface area contributed by atoms with Crippen LogP contribution >= 0.6 is 12.2 Å². The lowest BCUT2D eigenvalue weighted by molar-refractivity contribution is -0.0543. The second-order valence-electron chi connectivity index (χ2n) is 4.43. The number of hydrogen-bond donors (Lipinski definition) is 1. The van der Waals surface area contributed by atoms with E-state index in [2.05, 4.69) is 24.8 Å². The monoisotopic (exact) mass is 378 g/mol. The number of aromatic nitrogens is 3. The van der Waals surface area contributed by atoms with Crippen LogP contribution in [-0.4, -0.2) is 34.3 Å². The highest BCUT2D eigenvalue weighted by atomic mass is 32.1. The van der Waals surface area contributed by atoms with Crippen molar-refractivity contribution in [3.8, 4) is 11.5 Å². The Morgan fingerprint density at radius 3 is 2.60 bits per heavy atom. The number of benzene rings is 1. The van der Waals surface area contributed by atoms with E-state index in [1.165, 1.54) is 6.92 Å². The van der Waals surface area contributed by atoms with Crippen LogP contribution in [0.4, 0.5) is 17.6 Å². The number of halogens is 4. The number of nitrogens with one attached hydrogen (secondary N) is 1. The smallest absolute Gasteiger partial charge is 0.387 e. The molecule has 1 aromatic heterocycles. The molecule has 25 heavy (non-hydrogen) atoms. The van der Waals surface area contributed by atoms with Gasteiger partial charge in [0, 0.05) is 11.6 Å². The zero-order chi connectivity index (χ0) is 18.6. The number of H-pyrrole nitrogens is 1. The normalized spacial score (nSPS) is 11.5. The summed E-state index contributed by atoms with van der Waals surface area (Å²) in [6, 6.07) is 3.11. The largest absolute Gasteiger partial charge is 0.435 e.